The monoisotopic (exact) mass is 250 g/mol. The number of allylic oxidation sites excluding steroid dienone is 1. The Morgan fingerprint density at radius 2 is 2.06 bits per heavy atom. The SMILES string of the molecule is C=C[C@@]1(C)CCCC[C@H]1[C@H](O)C#C[Si](C)(C)C. The van der Waals surface area contributed by atoms with Gasteiger partial charge in [0.15, 0.2) is 0 Å². The fourth-order valence-corrected chi connectivity index (χ4v) is 3.13. The molecule has 1 saturated carbocycles. The lowest BCUT2D eigenvalue weighted by atomic mass is 9.65. The van der Waals surface area contributed by atoms with Crippen LogP contribution in [0.15, 0.2) is 12.7 Å². The Morgan fingerprint density at radius 1 is 1.41 bits per heavy atom. The third-order valence-corrected chi connectivity index (χ3v) is 4.66. The molecule has 1 nitrogen and oxygen atoms in total. The highest BCUT2D eigenvalue weighted by molar-refractivity contribution is 6.83. The van der Waals surface area contributed by atoms with Crippen LogP contribution in [0.3, 0.4) is 0 Å². The van der Waals surface area contributed by atoms with E-state index in [0.717, 1.165) is 12.8 Å². The molecule has 0 aromatic rings. The molecule has 2 heteroatoms. The van der Waals surface area contributed by atoms with Crippen molar-refractivity contribution in [3.8, 4) is 11.5 Å². The van der Waals surface area contributed by atoms with E-state index in [1.807, 2.05) is 6.08 Å². The summed E-state index contributed by atoms with van der Waals surface area (Å²) in [7, 11) is -1.39. The third kappa shape index (κ3) is 4.01. The third-order valence-electron chi connectivity index (χ3n) is 3.77. The van der Waals surface area contributed by atoms with Gasteiger partial charge in [-0.2, -0.15) is 0 Å². The van der Waals surface area contributed by atoms with Gasteiger partial charge in [0.1, 0.15) is 14.2 Å². The van der Waals surface area contributed by atoms with Crippen molar-refractivity contribution in [1.29, 1.82) is 0 Å². The summed E-state index contributed by atoms with van der Waals surface area (Å²) >= 11 is 0. The lowest BCUT2D eigenvalue weighted by molar-refractivity contribution is 0.0556. The highest BCUT2D eigenvalue weighted by Gasteiger charge is 2.37. The van der Waals surface area contributed by atoms with Gasteiger partial charge >= 0.3 is 0 Å². The van der Waals surface area contributed by atoms with Gasteiger partial charge in [0, 0.05) is 5.92 Å². The van der Waals surface area contributed by atoms with Crippen LogP contribution in [0.4, 0.5) is 0 Å². The first-order chi connectivity index (χ1) is 7.78. The number of aliphatic hydroxyl groups excluding tert-OH is 1. The smallest absolute Gasteiger partial charge is 0.129 e. The molecule has 1 aliphatic rings. The molecule has 96 valence electrons. The number of aliphatic hydroxyl groups is 1. The largest absolute Gasteiger partial charge is 0.380 e. The molecule has 1 fully saturated rings. The first-order valence-corrected chi connectivity index (χ1v) is 10.1. The van der Waals surface area contributed by atoms with Gasteiger partial charge in [0.05, 0.1) is 0 Å². The molecule has 1 N–H and O–H groups in total. The summed E-state index contributed by atoms with van der Waals surface area (Å²) in [5.74, 6) is 3.36. The zero-order valence-corrected chi connectivity index (χ0v) is 12.7. The molecule has 0 bridgehead atoms. The van der Waals surface area contributed by atoms with E-state index in [-0.39, 0.29) is 11.3 Å². The standard InChI is InChI=1S/C15H26OSi/c1-6-15(2)11-8-7-9-13(15)14(16)10-12-17(3,4)5/h6,13-14,16H,1,7-9,11H2,2-5H3/t13-,14+,15-/m0/s1. The predicted molar refractivity (Wildman–Crippen MR) is 77.4 cm³/mol. The Labute approximate surface area is 107 Å². The minimum Gasteiger partial charge on any atom is -0.380 e. The summed E-state index contributed by atoms with van der Waals surface area (Å²) in [4.78, 5) is 0. The molecule has 17 heavy (non-hydrogen) atoms. The van der Waals surface area contributed by atoms with Gasteiger partial charge in [-0.05, 0) is 18.3 Å². The minimum atomic E-state index is -1.39. The summed E-state index contributed by atoms with van der Waals surface area (Å²) < 4.78 is 0. The zero-order valence-electron chi connectivity index (χ0n) is 11.7. The Kier molecular flexibility index (Phi) is 4.63. The number of rotatable bonds is 2. The van der Waals surface area contributed by atoms with E-state index in [9.17, 15) is 5.11 Å². The van der Waals surface area contributed by atoms with Crippen LogP contribution in [0.1, 0.15) is 32.6 Å². The maximum atomic E-state index is 10.3. The average Bonchev–Trinajstić information content (AvgIpc) is 2.25. The Balaban J connectivity index is 2.81. The Hall–Kier alpha value is -0.523. The first-order valence-electron chi connectivity index (χ1n) is 6.63. The van der Waals surface area contributed by atoms with E-state index in [1.54, 1.807) is 0 Å². The summed E-state index contributed by atoms with van der Waals surface area (Å²) in [6.07, 6.45) is 6.20. The normalized spacial score (nSPS) is 31.2. The van der Waals surface area contributed by atoms with Crippen molar-refractivity contribution in [2.75, 3.05) is 0 Å². The molecule has 0 saturated heterocycles. The lowest BCUT2D eigenvalue weighted by Gasteiger charge is -2.40. The van der Waals surface area contributed by atoms with Gasteiger partial charge in [-0.15, -0.1) is 12.1 Å². The summed E-state index contributed by atoms with van der Waals surface area (Å²) in [6.45, 7) is 12.8. The molecule has 0 radical (unpaired) electrons. The summed E-state index contributed by atoms with van der Waals surface area (Å²) in [6, 6.07) is 0. The van der Waals surface area contributed by atoms with Crippen LogP contribution < -0.4 is 0 Å². The predicted octanol–water partition coefficient (Wildman–Crippen LogP) is 3.61. The highest BCUT2D eigenvalue weighted by Crippen LogP contribution is 2.43. The fraction of sp³-hybridized carbons (Fsp3) is 0.733. The second kappa shape index (κ2) is 5.41. The van der Waals surface area contributed by atoms with Gasteiger partial charge in [-0.25, -0.2) is 0 Å². The van der Waals surface area contributed by atoms with Crippen LogP contribution in [-0.2, 0) is 0 Å². The van der Waals surface area contributed by atoms with E-state index < -0.39 is 14.2 Å². The van der Waals surface area contributed by atoms with Gasteiger partial charge in [0.25, 0.3) is 0 Å². The minimum absolute atomic E-state index is 0.0613. The topological polar surface area (TPSA) is 20.2 Å². The van der Waals surface area contributed by atoms with Crippen molar-refractivity contribution in [3.05, 3.63) is 12.7 Å². The van der Waals surface area contributed by atoms with E-state index >= 15 is 0 Å². The van der Waals surface area contributed by atoms with E-state index in [2.05, 4.69) is 44.6 Å². The lowest BCUT2D eigenvalue weighted by Crippen LogP contribution is -2.37. The molecular weight excluding hydrogens is 224 g/mol. The van der Waals surface area contributed by atoms with Crippen molar-refractivity contribution >= 4 is 8.07 Å². The number of hydrogen-bond acceptors (Lipinski definition) is 1. The molecule has 0 unspecified atom stereocenters. The second-order valence-corrected chi connectivity index (χ2v) is 11.3. The van der Waals surface area contributed by atoms with Crippen LogP contribution in [0.2, 0.25) is 19.6 Å². The van der Waals surface area contributed by atoms with Crippen LogP contribution in [0.5, 0.6) is 0 Å². The van der Waals surface area contributed by atoms with E-state index in [1.165, 1.54) is 12.8 Å². The average molecular weight is 250 g/mol. The molecule has 3 atom stereocenters. The second-order valence-electron chi connectivity index (χ2n) is 6.53. The summed E-state index contributed by atoms with van der Waals surface area (Å²) in [5, 5.41) is 10.3. The van der Waals surface area contributed by atoms with Crippen LogP contribution in [0.25, 0.3) is 0 Å². The Bertz CT molecular complexity index is 331. The molecule has 0 amide bonds. The zero-order chi connectivity index (χ0) is 13.1. The quantitative estimate of drug-likeness (QED) is 0.451. The van der Waals surface area contributed by atoms with E-state index in [0.29, 0.717) is 0 Å². The Morgan fingerprint density at radius 3 is 2.59 bits per heavy atom. The van der Waals surface area contributed by atoms with Crippen LogP contribution in [0, 0.1) is 22.8 Å². The van der Waals surface area contributed by atoms with Gasteiger partial charge in [-0.3, -0.25) is 0 Å². The molecule has 1 rings (SSSR count). The molecule has 1 aliphatic carbocycles. The van der Waals surface area contributed by atoms with Gasteiger partial charge < -0.3 is 5.11 Å². The fourth-order valence-electron chi connectivity index (χ4n) is 2.55. The van der Waals surface area contributed by atoms with Gasteiger partial charge in [-0.1, -0.05) is 51.4 Å². The first kappa shape index (κ1) is 14.5. The number of hydrogen-bond donors (Lipinski definition) is 1. The van der Waals surface area contributed by atoms with Crippen molar-refractivity contribution in [3.63, 3.8) is 0 Å². The molecule has 0 aromatic heterocycles. The van der Waals surface area contributed by atoms with Crippen molar-refractivity contribution in [1.82, 2.24) is 0 Å². The van der Waals surface area contributed by atoms with Crippen molar-refractivity contribution in [2.24, 2.45) is 11.3 Å². The highest BCUT2D eigenvalue weighted by atomic mass is 28.3. The maximum absolute atomic E-state index is 10.3. The van der Waals surface area contributed by atoms with Gasteiger partial charge in [0.2, 0.25) is 0 Å². The maximum Gasteiger partial charge on any atom is 0.129 e. The molecule has 0 aliphatic heterocycles. The molecule has 0 spiro atoms. The molecule has 0 heterocycles. The molecular formula is C15H26OSi. The summed E-state index contributed by atoms with van der Waals surface area (Å²) in [5.41, 5.74) is 3.35. The van der Waals surface area contributed by atoms with E-state index in [4.69, 9.17) is 0 Å². The van der Waals surface area contributed by atoms with Crippen molar-refractivity contribution in [2.45, 2.75) is 58.4 Å². The molecule has 0 aromatic carbocycles. The van der Waals surface area contributed by atoms with Crippen molar-refractivity contribution < 1.29 is 5.11 Å². The van der Waals surface area contributed by atoms with Crippen LogP contribution >= 0.6 is 0 Å². The van der Waals surface area contributed by atoms with Crippen LogP contribution in [-0.4, -0.2) is 19.3 Å².